The van der Waals surface area contributed by atoms with Crippen LogP contribution in [0.5, 0.6) is 0 Å². The molecule has 1 heteroatoms. The molecule has 0 aliphatic carbocycles. The third kappa shape index (κ3) is 2.71. The van der Waals surface area contributed by atoms with E-state index in [0.29, 0.717) is 5.56 Å². The molecule has 0 saturated carbocycles. The Morgan fingerprint density at radius 2 is 1.62 bits per heavy atom. The minimum Gasteiger partial charge on any atom is -0.192 e. The number of hydrogen-bond acceptors (Lipinski definition) is 1. The van der Waals surface area contributed by atoms with E-state index in [2.05, 4.69) is 24.6 Å². The van der Waals surface area contributed by atoms with Gasteiger partial charge in [0.05, 0.1) is 11.6 Å². The summed E-state index contributed by atoms with van der Waals surface area (Å²) in [6.45, 7) is 0. The largest absolute Gasteiger partial charge is 0.192 e. The van der Waals surface area contributed by atoms with Crippen molar-refractivity contribution in [1.82, 2.24) is 0 Å². The predicted octanol–water partition coefficient (Wildman–Crippen LogP) is 3.35. The highest BCUT2D eigenvalue weighted by Crippen LogP contribution is 2.10. The fourth-order valence-electron chi connectivity index (χ4n) is 1.54. The van der Waals surface area contributed by atoms with Gasteiger partial charge in [-0.1, -0.05) is 42.5 Å². The molecule has 16 heavy (non-hydrogen) atoms. The van der Waals surface area contributed by atoms with Crippen LogP contribution in [-0.4, -0.2) is 0 Å². The molecule has 0 saturated heterocycles. The molecule has 2 aromatic rings. The normalized spacial score (nSPS) is 9.69. The maximum absolute atomic E-state index is 8.68. The van der Waals surface area contributed by atoms with E-state index in [9.17, 15) is 0 Å². The van der Waals surface area contributed by atoms with Crippen LogP contribution in [0.25, 0.3) is 0 Å². The van der Waals surface area contributed by atoms with E-state index in [0.717, 1.165) is 12.0 Å². The van der Waals surface area contributed by atoms with Crippen molar-refractivity contribution in [3.05, 3.63) is 77.7 Å². The van der Waals surface area contributed by atoms with Crippen molar-refractivity contribution < 1.29 is 0 Å². The van der Waals surface area contributed by atoms with Crippen molar-refractivity contribution in [2.75, 3.05) is 0 Å². The molecule has 0 fully saturated rings. The molecular weight excluding hydrogens is 194 g/mol. The Hall–Kier alpha value is -2.07. The molecule has 2 aromatic carbocycles. The predicted molar refractivity (Wildman–Crippen MR) is 64.7 cm³/mol. The second-order valence-corrected chi connectivity index (χ2v) is 3.63. The summed E-state index contributed by atoms with van der Waals surface area (Å²) < 4.78 is 0. The Bertz CT molecular complexity index is 477. The third-order valence-electron chi connectivity index (χ3n) is 2.46. The Balaban J connectivity index is 1.98. The summed E-state index contributed by atoms with van der Waals surface area (Å²) in [5.74, 6) is 0. The topological polar surface area (TPSA) is 23.8 Å². The summed E-state index contributed by atoms with van der Waals surface area (Å²) in [6.07, 6.45) is 3.09. The quantitative estimate of drug-likeness (QED) is 0.755. The van der Waals surface area contributed by atoms with Gasteiger partial charge >= 0.3 is 0 Å². The fraction of sp³-hybridized carbons (Fsp3) is 0.0667. The van der Waals surface area contributed by atoms with Crippen LogP contribution in [0.1, 0.15) is 16.7 Å². The van der Waals surface area contributed by atoms with Crippen molar-refractivity contribution in [3.8, 4) is 6.07 Å². The second kappa shape index (κ2) is 5.14. The number of nitriles is 1. The number of rotatable bonds is 3. The minimum absolute atomic E-state index is 0.705. The molecular formula is C15H12N. The standard InChI is InChI=1S/C15H12N/c16-12-15-10-8-14(9-11-15)7-6-13-4-2-1-3-5-13/h1-5,7-11H,6H2. The van der Waals surface area contributed by atoms with Crippen molar-refractivity contribution >= 4 is 0 Å². The molecule has 1 nitrogen and oxygen atoms in total. The molecule has 0 aromatic heterocycles. The van der Waals surface area contributed by atoms with E-state index < -0.39 is 0 Å². The van der Waals surface area contributed by atoms with E-state index in [-0.39, 0.29) is 0 Å². The van der Waals surface area contributed by atoms with Crippen molar-refractivity contribution in [1.29, 1.82) is 5.26 Å². The van der Waals surface area contributed by atoms with Gasteiger partial charge in [-0.2, -0.15) is 5.26 Å². The number of hydrogen-bond donors (Lipinski definition) is 0. The SMILES string of the molecule is N#Cc1ccc([CH]Cc2ccccc2)cc1. The van der Waals surface area contributed by atoms with Crippen molar-refractivity contribution in [3.63, 3.8) is 0 Å². The van der Waals surface area contributed by atoms with E-state index in [1.54, 1.807) is 0 Å². The van der Waals surface area contributed by atoms with Crippen LogP contribution >= 0.6 is 0 Å². The summed E-state index contributed by atoms with van der Waals surface area (Å²) in [7, 11) is 0. The molecule has 0 spiro atoms. The van der Waals surface area contributed by atoms with Crippen LogP contribution in [-0.2, 0) is 6.42 Å². The lowest BCUT2D eigenvalue weighted by molar-refractivity contribution is 1.17. The Morgan fingerprint density at radius 3 is 2.25 bits per heavy atom. The number of nitrogens with zero attached hydrogens (tertiary/aromatic N) is 1. The first-order chi connectivity index (χ1) is 7.88. The van der Waals surface area contributed by atoms with Crippen LogP contribution in [0.3, 0.4) is 0 Å². The molecule has 0 atom stereocenters. The van der Waals surface area contributed by atoms with E-state index >= 15 is 0 Å². The molecule has 0 unspecified atom stereocenters. The summed E-state index contributed by atoms with van der Waals surface area (Å²) >= 11 is 0. The summed E-state index contributed by atoms with van der Waals surface area (Å²) in [6, 6.07) is 20.1. The maximum atomic E-state index is 8.68. The highest BCUT2D eigenvalue weighted by atomic mass is 14.2. The Kier molecular flexibility index (Phi) is 3.35. The van der Waals surface area contributed by atoms with Gasteiger partial charge < -0.3 is 0 Å². The zero-order valence-electron chi connectivity index (χ0n) is 8.93. The maximum Gasteiger partial charge on any atom is 0.0991 e. The van der Waals surface area contributed by atoms with Gasteiger partial charge in [0, 0.05) is 0 Å². The molecule has 1 radical (unpaired) electrons. The second-order valence-electron chi connectivity index (χ2n) is 3.63. The van der Waals surface area contributed by atoms with Crippen molar-refractivity contribution in [2.24, 2.45) is 0 Å². The molecule has 0 heterocycles. The van der Waals surface area contributed by atoms with E-state index in [4.69, 9.17) is 5.26 Å². The van der Waals surface area contributed by atoms with Gasteiger partial charge in [0.25, 0.3) is 0 Å². The molecule has 77 valence electrons. The van der Waals surface area contributed by atoms with E-state index in [1.807, 2.05) is 42.5 Å². The van der Waals surface area contributed by atoms with Crippen LogP contribution in [0, 0.1) is 17.8 Å². The average molecular weight is 206 g/mol. The Labute approximate surface area is 96.0 Å². The van der Waals surface area contributed by atoms with Gasteiger partial charge in [0.1, 0.15) is 0 Å². The first kappa shape index (κ1) is 10.4. The van der Waals surface area contributed by atoms with E-state index in [1.165, 1.54) is 5.56 Å². The lowest BCUT2D eigenvalue weighted by atomic mass is 10.0. The summed E-state index contributed by atoms with van der Waals surface area (Å²) in [5, 5.41) is 8.68. The Morgan fingerprint density at radius 1 is 0.938 bits per heavy atom. The summed E-state index contributed by atoms with van der Waals surface area (Å²) in [4.78, 5) is 0. The highest BCUT2D eigenvalue weighted by molar-refractivity contribution is 5.35. The molecule has 0 amide bonds. The lowest BCUT2D eigenvalue weighted by Crippen LogP contribution is -1.88. The van der Waals surface area contributed by atoms with Crippen LogP contribution in [0.4, 0.5) is 0 Å². The number of benzene rings is 2. The zero-order valence-corrected chi connectivity index (χ0v) is 8.93. The van der Waals surface area contributed by atoms with Gasteiger partial charge in [-0.05, 0) is 36.1 Å². The van der Waals surface area contributed by atoms with Crippen LogP contribution in [0.15, 0.2) is 54.6 Å². The first-order valence-corrected chi connectivity index (χ1v) is 5.26. The molecule has 0 aliphatic heterocycles. The highest BCUT2D eigenvalue weighted by Gasteiger charge is 1.96. The molecule has 0 aliphatic rings. The van der Waals surface area contributed by atoms with Crippen LogP contribution in [0.2, 0.25) is 0 Å². The third-order valence-corrected chi connectivity index (χ3v) is 2.46. The molecule has 0 bridgehead atoms. The van der Waals surface area contributed by atoms with Gasteiger partial charge in [-0.3, -0.25) is 0 Å². The molecule has 0 N–H and O–H groups in total. The van der Waals surface area contributed by atoms with Gasteiger partial charge in [-0.15, -0.1) is 0 Å². The smallest absolute Gasteiger partial charge is 0.0991 e. The first-order valence-electron chi connectivity index (χ1n) is 5.26. The monoisotopic (exact) mass is 206 g/mol. The van der Waals surface area contributed by atoms with Crippen LogP contribution < -0.4 is 0 Å². The van der Waals surface area contributed by atoms with Gasteiger partial charge in [-0.25, -0.2) is 0 Å². The summed E-state index contributed by atoms with van der Waals surface area (Å²) in [5.41, 5.74) is 3.16. The van der Waals surface area contributed by atoms with Gasteiger partial charge in [0.15, 0.2) is 0 Å². The van der Waals surface area contributed by atoms with Gasteiger partial charge in [0.2, 0.25) is 0 Å². The van der Waals surface area contributed by atoms with Crippen molar-refractivity contribution in [2.45, 2.75) is 6.42 Å². The minimum atomic E-state index is 0.705. The molecule has 2 rings (SSSR count). The average Bonchev–Trinajstić information content (AvgIpc) is 2.38. The zero-order chi connectivity index (χ0) is 11.2. The lowest BCUT2D eigenvalue weighted by Gasteiger charge is -2.01. The fourth-order valence-corrected chi connectivity index (χ4v) is 1.54.